The molecule has 4 nitrogen and oxygen atoms in total. The zero-order chi connectivity index (χ0) is 10.9. The molecular formula is C10H11BrN4. The second-order valence-corrected chi connectivity index (χ2v) is 3.54. The van der Waals surface area contributed by atoms with Crippen LogP contribution in [0.3, 0.4) is 0 Å². The number of aromatic nitrogens is 1. The van der Waals surface area contributed by atoms with Gasteiger partial charge in [0.25, 0.3) is 0 Å². The lowest BCUT2D eigenvalue weighted by Gasteiger charge is -2.02. The predicted molar refractivity (Wildman–Crippen MR) is 62.8 cm³/mol. The maximum Gasteiger partial charge on any atom is 0.182 e. The number of alkyl halides is 1. The third kappa shape index (κ3) is 4.09. The van der Waals surface area contributed by atoms with Crippen molar-refractivity contribution in [3.63, 3.8) is 0 Å². The summed E-state index contributed by atoms with van der Waals surface area (Å²) in [6, 6.07) is 3.63. The molecule has 15 heavy (non-hydrogen) atoms. The predicted octanol–water partition coefficient (Wildman–Crippen LogP) is 1.68. The van der Waals surface area contributed by atoms with Crippen molar-refractivity contribution >= 4 is 21.8 Å². The number of rotatable bonds is 4. The summed E-state index contributed by atoms with van der Waals surface area (Å²) in [6.07, 6.45) is 6.18. The Kier molecular flexibility index (Phi) is 5.41. The Morgan fingerprint density at radius 1 is 1.53 bits per heavy atom. The summed E-state index contributed by atoms with van der Waals surface area (Å²) >= 11 is 3.33. The molecule has 0 atom stereocenters. The van der Waals surface area contributed by atoms with E-state index in [0.29, 0.717) is 12.4 Å². The van der Waals surface area contributed by atoms with Crippen LogP contribution in [-0.2, 0) is 0 Å². The molecule has 0 aliphatic carbocycles. The van der Waals surface area contributed by atoms with Gasteiger partial charge in [0.2, 0.25) is 0 Å². The summed E-state index contributed by atoms with van der Waals surface area (Å²) in [6.45, 7) is 0.692. The molecule has 0 fully saturated rings. The average molecular weight is 267 g/mol. The molecule has 0 aliphatic heterocycles. The number of nitrogens with one attached hydrogen (secondary N) is 1. The molecule has 78 valence electrons. The number of nitriles is 1. The van der Waals surface area contributed by atoms with Gasteiger partial charge in [-0.15, -0.1) is 0 Å². The molecule has 1 N–H and O–H groups in total. The van der Waals surface area contributed by atoms with Crippen molar-refractivity contribution in [2.45, 2.75) is 6.42 Å². The molecule has 0 bridgehead atoms. The van der Waals surface area contributed by atoms with Crippen LogP contribution in [0, 0.1) is 11.5 Å². The van der Waals surface area contributed by atoms with Gasteiger partial charge in [-0.3, -0.25) is 15.3 Å². The van der Waals surface area contributed by atoms with Crippen molar-refractivity contribution in [2.24, 2.45) is 4.99 Å². The Bertz CT molecular complexity index is 355. The van der Waals surface area contributed by atoms with E-state index in [0.717, 1.165) is 17.3 Å². The lowest BCUT2D eigenvalue weighted by atomic mass is 10.2. The third-order valence-electron chi connectivity index (χ3n) is 1.69. The second kappa shape index (κ2) is 6.96. The van der Waals surface area contributed by atoms with Crippen LogP contribution >= 0.6 is 15.9 Å². The van der Waals surface area contributed by atoms with Crippen molar-refractivity contribution in [1.29, 1.82) is 5.26 Å². The highest BCUT2D eigenvalue weighted by molar-refractivity contribution is 9.09. The minimum atomic E-state index is 0.598. The van der Waals surface area contributed by atoms with Crippen LogP contribution in [0.1, 0.15) is 12.0 Å². The largest absolute Gasteiger partial charge is 0.277 e. The average Bonchev–Trinajstić information content (AvgIpc) is 2.29. The van der Waals surface area contributed by atoms with Gasteiger partial charge < -0.3 is 0 Å². The maximum absolute atomic E-state index is 8.59. The molecule has 0 saturated carbocycles. The highest BCUT2D eigenvalue weighted by Gasteiger charge is 2.00. The van der Waals surface area contributed by atoms with Crippen LogP contribution in [0.5, 0.6) is 0 Å². The molecule has 5 heteroatoms. The smallest absolute Gasteiger partial charge is 0.182 e. The molecule has 0 unspecified atom stereocenters. The number of halogens is 1. The van der Waals surface area contributed by atoms with Gasteiger partial charge in [0.05, 0.1) is 0 Å². The number of aliphatic imine (C=N–C) groups is 1. The standard InChI is InChI=1S/C10H11BrN4/c11-4-1-5-14-10(15-8-12)9-2-6-13-7-3-9/h2-3,6-7H,1,4-5H2,(H,14,15). The van der Waals surface area contributed by atoms with Crippen LogP contribution in [0.15, 0.2) is 29.5 Å². The summed E-state index contributed by atoms with van der Waals surface area (Å²) in [4.78, 5) is 8.21. The van der Waals surface area contributed by atoms with Gasteiger partial charge in [-0.1, -0.05) is 15.9 Å². The molecule has 0 aromatic carbocycles. The quantitative estimate of drug-likeness (QED) is 0.225. The van der Waals surface area contributed by atoms with Crippen molar-refractivity contribution in [2.75, 3.05) is 11.9 Å². The van der Waals surface area contributed by atoms with E-state index >= 15 is 0 Å². The second-order valence-electron chi connectivity index (χ2n) is 2.75. The molecule has 0 aliphatic rings. The Morgan fingerprint density at radius 2 is 2.27 bits per heavy atom. The Hall–Kier alpha value is -1.41. The molecular weight excluding hydrogens is 256 g/mol. The monoisotopic (exact) mass is 266 g/mol. The molecule has 0 saturated heterocycles. The SMILES string of the molecule is N#CNC(=NCCCBr)c1ccncc1. The number of nitrogens with zero attached hydrogens (tertiary/aromatic N) is 3. The number of amidine groups is 1. The summed E-state index contributed by atoms with van der Waals surface area (Å²) in [5, 5.41) is 12.1. The lowest BCUT2D eigenvalue weighted by Crippen LogP contribution is -2.19. The van der Waals surface area contributed by atoms with Crippen LogP contribution in [0.25, 0.3) is 0 Å². The van der Waals surface area contributed by atoms with E-state index in [1.807, 2.05) is 18.3 Å². The van der Waals surface area contributed by atoms with Gasteiger partial charge in [-0.2, -0.15) is 5.26 Å². The number of hydrogen-bond acceptors (Lipinski definition) is 3. The highest BCUT2D eigenvalue weighted by Crippen LogP contribution is 1.98. The van der Waals surface area contributed by atoms with E-state index in [-0.39, 0.29) is 0 Å². The van der Waals surface area contributed by atoms with Crippen LogP contribution in [0.4, 0.5) is 0 Å². The fourth-order valence-corrected chi connectivity index (χ4v) is 1.27. The zero-order valence-electron chi connectivity index (χ0n) is 8.15. The lowest BCUT2D eigenvalue weighted by molar-refractivity contribution is 0.940. The van der Waals surface area contributed by atoms with E-state index in [4.69, 9.17) is 5.26 Å². The van der Waals surface area contributed by atoms with E-state index in [1.165, 1.54) is 0 Å². The van der Waals surface area contributed by atoms with Gasteiger partial charge >= 0.3 is 0 Å². The van der Waals surface area contributed by atoms with Gasteiger partial charge in [0.15, 0.2) is 6.19 Å². The Labute approximate surface area is 97.2 Å². The van der Waals surface area contributed by atoms with Crippen molar-refractivity contribution in [1.82, 2.24) is 10.3 Å². The summed E-state index contributed by atoms with van der Waals surface area (Å²) in [5.74, 6) is 0.598. The van der Waals surface area contributed by atoms with Gasteiger partial charge in [-0.05, 0) is 18.6 Å². The van der Waals surface area contributed by atoms with Crippen molar-refractivity contribution < 1.29 is 0 Å². The Balaban J connectivity index is 2.75. The molecule has 1 rings (SSSR count). The van der Waals surface area contributed by atoms with E-state index in [9.17, 15) is 0 Å². The van der Waals surface area contributed by atoms with Gasteiger partial charge in [-0.25, -0.2) is 0 Å². The first-order valence-corrected chi connectivity index (χ1v) is 5.66. The van der Waals surface area contributed by atoms with Crippen molar-refractivity contribution in [3.8, 4) is 6.19 Å². The van der Waals surface area contributed by atoms with Crippen molar-refractivity contribution in [3.05, 3.63) is 30.1 Å². The first kappa shape index (κ1) is 11.7. The topological polar surface area (TPSA) is 61.1 Å². The molecule has 1 aromatic heterocycles. The van der Waals surface area contributed by atoms with Crippen LogP contribution in [-0.4, -0.2) is 22.7 Å². The minimum Gasteiger partial charge on any atom is -0.277 e. The normalized spacial score (nSPS) is 10.8. The number of hydrogen-bond donors (Lipinski definition) is 1. The molecule has 1 aromatic rings. The molecule has 1 heterocycles. The summed E-state index contributed by atoms with van der Waals surface area (Å²) in [5.41, 5.74) is 0.876. The summed E-state index contributed by atoms with van der Waals surface area (Å²) < 4.78 is 0. The van der Waals surface area contributed by atoms with E-state index in [2.05, 4.69) is 31.2 Å². The summed E-state index contributed by atoms with van der Waals surface area (Å²) in [7, 11) is 0. The Morgan fingerprint density at radius 3 is 2.87 bits per heavy atom. The third-order valence-corrected chi connectivity index (χ3v) is 2.25. The molecule has 0 amide bonds. The van der Waals surface area contributed by atoms with Gasteiger partial charge in [0.1, 0.15) is 5.84 Å². The van der Waals surface area contributed by atoms with Crippen LogP contribution in [0.2, 0.25) is 0 Å². The first-order chi connectivity index (χ1) is 7.38. The van der Waals surface area contributed by atoms with Gasteiger partial charge in [0, 0.05) is 29.8 Å². The van der Waals surface area contributed by atoms with E-state index in [1.54, 1.807) is 12.4 Å². The van der Waals surface area contributed by atoms with Crippen LogP contribution < -0.4 is 5.32 Å². The molecule has 0 spiro atoms. The zero-order valence-corrected chi connectivity index (χ0v) is 9.74. The highest BCUT2D eigenvalue weighted by atomic mass is 79.9. The maximum atomic E-state index is 8.59. The molecule has 0 radical (unpaired) electrons. The first-order valence-electron chi connectivity index (χ1n) is 4.54. The number of pyridine rings is 1. The van der Waals surface area contributed by atoms with E-state index < -0.39 is 0 Å². The fraction of sp³-hybridized carbons (Fsp3) is 0.300. The minimum absolute atomic E-state index is 0.598. The fourth-order valence-electron chi connectivity index (χ4n) is 1.02.